The van der Waals surface area contributed by atoms with Crippen molar-refractivity contribution in [2.45, 2.75) is 72.5 Å². The Balaban J connectivity index is 4.19. The molecule has 0 aliphatic heterocycles. The van der Waals surface area contributed by atoms with Crippen LogP contribution >= 0.6 is 0 Å². The van der Waals surface area contributed by atoms with Crippen LogP contribution in [0.25, 0.3) is 0 Å². The maximum absolute atomic E-state index is 11.5. The van der Waals surface area contributed by atoms with Crippen LogP contribution in [0, 0.1) is 5.92 Å². The first-order valence-electron chi connectivity index (χ1n) is 6.55. The molecule has 0 radical (unpaired) electrons. The fraction of sp³-hybridized carbons (Fsp3) is 0.857. The first-order chi connectivity index (χ1) is 8.41. The van der Waals surface area contributed by atoms with Crippen molar-refractivity contribution in [1.82, 2.24) is 0 Å². The van der Waals surface area contributed by atoms with E-state index in [2.05, 4.69) is 18.6 Å². The van der Waals surface area contributed by atoms with Crippen molar-refractivity contribution in [2.75, 3.05) is 0 Å². The summed E-state index contributed by atoms with van der Waals surface area (Å²) in [6, 6.07) is 0. The van der Waals surface area contributed by atoms with Crippen LogP contribution in [0.3, 0.4) is 0 Å². The second-order valence-electron chi connectivity index (χ2n) is 6.61. The van der Waals surface area contributed by atoms with Gasteiger partial charge in [-0.1, -0.05) is 13.8 Å². The van der Waals surface area contributed by atoms with Gasteiger partial charge in [-0.15, -0.1) is 0 Å². The highest BCUT2D eigenvalue weighted by Gasteiger charge is 2.27. The van der Waals surface area contributed by atoms with Crippen LogP contribution in [0.4, 0.5) is 9.59 Å². The fourth-order valence-electron chi connectivity index (χ4n) is 1.27. The molecule has 0 atom stereocenters. The molecule has 112 valence electrons. The molecule has 19 heavy (non-hydrogen) atoms. The minimum absolute atomic E-state index is 0.518. The third kappa shape index (κ3) is 10.4. The highest BCUT2D eigenvalue weighted by atomic mass is 16.8. The highest BCUT2D eigenvalue weighted by molar-refractivity contribution is 5.77. The van der Waals surface area contributed by atoms with E-state index in [4.69, 9.17) is 9.47 Å². The van der Waals surface area contributed by atoms with E-state index in [0.717, 1.165) is 6.42 Å². The van der Waals surface area contributed by atoms with E-state index in [-0.39, 0.29) is 0 Å². The summed E-state index contributed by atoms with van der Waals surface area (Å²) in [7, 11) is 0. The number of hydrogen-bond donors (Lipinski definition) is 0. The van der Waals surface area contributed by atoms with E-state index < -0.39 is 23.5 Å². The van der Waals surface area contributed by atoms with Gasteiger partial charge >= 0.3 is 12.3 Å². The maximum Gasteiger partial charge on any atom is 0.519 e. The molecule has 0 unspecified atom stereocenters. The van der Waals surface area contributed by atoms with Gasteiger partial charge in [0.2, 0.25) is 0 Å². The molecule has 0 saturated carbocycles. The Kier molecular flexibility index (Phi) is 6.33. The molecule has 0 amide bonds. The van der Waals surface area contributed by atoms with Crippen molar-refractivity contribution in [3.63, 3.8) is 0 Å². The number of carbonyl (C=O) groups excluding carboxylic acids is 2. The van der Waals surface area contributed by atoms with E-state index in [1.54, 1.807) is 34.6 Å². The summed E-state index contributed by atoms with van der Waals surface area (Å²) in [6.45, 7) is 12.8. The third-order valence-electron chi connectivity index (χ3n) is 2.24. The predicted molar refractivity (Wildman–Crippen MR) is 72.0 cm³/mol. The monoisotopic (exact) mass is 274 g/mol. The molecule has 0 aliphatic carbocycles. The van der Waals surface area contributed by atoms with Gasteiger partial charge in [0.25, 0.3) is 0 Å². The van der Waals surface area contributed by atoms with E-state index in [1.807, 2.05) is 0 Å². The molecule has 0 bridgehead atoms. The van der Waals surface area contributed by atoms with Gasteiger partial charge in [-0.3, -0.25) is 0 Å². The molecule has 0 aromatic carbocycles. The van der Waals surface area contributed by atoms with Crippen LogP contribution in [0.15, 0.2) is 0 Å². The molecule has 0 saturated heterocycles. The van der Waals surface area contributed by atoms with E-state index in [1.165, 1.54) is 0 Å². The Bertz CT molecular complexity index is 312. The molecular formula is C14H26O5. The molecule has 0 aliphatic rings. The Morgan fingerprint density at radius 1 is 0.947 bits per heavy atom. The smallest absolute Gasteiger partial charge is 0.428 e. The first kappa shape index (κ1) is 17.7. The van der Waals surface area contributed by atoms with Crippen molar-refractivity contribution in [1.29, 1.82) is 0 Å². The normalized spacial score (nSPS) is 12.2. The second kappa shape index (κ2) is 6.78. The molecule has 0 fully saturated rings. The Morgan fingerprint density at radius 3 is 1.84 bits per heavy atom. The summed E-state index contributed by atoms with van der Waals surface area (Å²) in [5.41, 5.74) is -1.37. The van der Waals surface area contributed by atoms with Gasteiger partial charge in [-0.2, -0.15) is 0 Å². The number of hydrogen-bond acceptors (Lipinski definition) is 5. The minimum Gasteiger partial charge on any atom is -0.428 e. The lowest BCUT2D eigenvalue weighted by Crippen LogP contribution is -2.32. The van der Waals surface area contributed by atoms with Crippen molar-refractivity contribution in [3.8, 4) is 0 Å². The average Bonchev–Trinajstić information content (AvgIpc) is 2.09. The third-order valence-corrected chi connectivity index (χ3v) is 2.24. The van der Waals surface area contributed by atoms with E-state index >= 15 is 0 Å². The van der Waals surface area contributed by atoms with Gasteiger partial charge in [0.15, 0.2) is 0 Å². The highest BCUT2D eigenvalue weighted by Crippen LogP contribution is 2.21. The van der Waals surface area contributed by atoms with Crippen LogP contribution in [0.5, 0.6) is 0 Å². The van der Waals surface area contributed by atoms with Gasteiger partial charge in [-0.25, -0.2) is 9.59 Å². The summed E-state index contributed by atoms with van der Waals surface area (Å²) in [5.74, 6) is 0.518. The summed E-state index contributed by atoms with van der Waals surface area (Å²) in [4.78, 5) is 22.7. The van der Waals surface area contributed by atoms with E-state index in [0.29, 0.717) is 12.3 Å². The van der Waals surface area contributed by atoms with Crippen LogP contribution in [-0.4, -0.2) is 23.5 Å². The van der Waals surface area contributed by atoms with E-state index in [9.17, 15) is 9.59 Å². The summed E-state index contributed by atoms with van der Waals surface area (Å²) in [5, 5.41) is 0. The van der Waals surface area contributed by atoms with Gasteiger partial charge < -0.3 is 14.2 Å². The molecule has 0 heterocycles. The molecule has 0 N–H and O–H groups in total. The Hall–Kier alpha value is -1.26. The van der Waals surface area contributed by atoms with Gasteiger partial charge in [0.1, 0.15) is 11.2 Å². The average molecular weight is 274 g/mol. The van der Waals surface area contributed by atoms with Crippen molar-refractivity contribution >= 4 is 12.3 Å². The molecule has 5 heteroatoms. The van der Waals surface area contributed by atoms with Crippen molar-refractivity contribution in [3.05, 3.63) is 0 Å². The van der Waals surface area contributed by atoms with Gasteiger partial charge in [0, 0.05) is 0 Å². The lowest BCUT2D eigenvalue weighted by Gasteiger charge is -2.25. The molecular weight excluding hydrogens is 248 g/mol. The van der Waals surface area contributed by atoms with Crippen molar-refractivity contribution in [2.24, 2.45) is 5.92 Å². The number of carbonyl (C=O) groups is 2. The molecule has 0 spiro atoms. The Morgan fingerprint density at radius 2 is 1.42 bits per heavy atom. The summed E-state index contributed by atoms with van der Waals surface area (Å²) in [6.07, 6.45) is -0.443. The van der Waals surface area contributed by atoms with Crippen LogP contribution in [0.2, 0.25) is 0 Å². The lowest BCUT2D eigenvalue weighted by molar-refractivity contribution is -0.0376. The van der Waals surface area contributed by atoms with Crippen LogP contribution < -0.4 is 0 Å². The topological polar surface area (TPSA) is 61.8 Å². The number of ether oxygens (including phenoxy) is 3. The second-order valence-corrected chi connectivity index (χ2v) is 6.61. The molecule has 5 nitrogen and oxygen atoms in total. The molecule has 0 rings (SSSR count). The van der Waals surface area contributed by atoms with Crippen molar-refractivity contribution < 1.29 is 23.8 Å². The number of rotatable bonds is 4. The van der Waals surface area contributed by atoms with Crippen LogP contribution in [-0.2, 0) is 14.2 Å². The first-order valence-corrected chi connectivity index (χ1v) is 6.55. The largest absolute Gasteiger partial charge is 0.519 e. The zero-order valence-electron chi connectivity index (χ0n) is 13.0. The fourth-order valence-corrected chi connectivity index (χ4v) is 1.27. The predicted octanol–water partition coefficient (Wildman–Crippen LogP) is 4.29. The Labute approximate surface area is 115 Å². The molecule has 0 aromatic rings. The zero-order valence-corrected chi connectivity index (χ0v) is 13.0. The van der Waals surface area contributed by atoms with Crippen LogP contribution in [0.1, 0.15) is 61.3 Å². The zero-order chi connectivity index (χ0) is 15.3. The standard InChI is InChI=1S/C14H26O5/c1-10(2)8-9-14(6,7)19-12(16)17-11(15)18-13(3,4)5/h10H,8-9H2,1-7H3. The van der Waals surface area contributed by atoms with Gasteiger partial charge in [-0.05, 0) is 53.4 Å². The SMILES string of the molecule is CC(C)CCC(C)(C)OC(=O)OC(=O)OC(C)(C)C. The molecule has 0 aromatic heterocycles. The van der Waals surface area contributed by atoms with Gasteiger partial charge in [0.05, 0.1) is 0 Å². The minimum atomic E-state index is -1.04. The summed E-state index contributed by atoms with van der Waals surface area (Å²) < 4.78 is 14.4. The lowest BCUT2D eigenvalue weighted by atomic mass is 9.97. The quantitative estimate of drug-likeness (QED) is 0.565. The summed E-state index contributed by atoms with van der Waals surface area (Å²) >= 11 is 0. The maximum atomic E-state index is 11.5.